The molecule has 4 nitrogen and oxygen atoms in total. The van der Waals surface area contributed by atoms with Crippen molar-refractivity contribution in [2.45, 2.75) is 38.8 Å². The molecule has 5 heteroatoms. The van der Waals surface area contributed by atoms with Gasteiger partial charge >= 0.3 is 0 Å². The van der Waals surface area contributed by atoms with Crippen LogP contribution >= 0.6 is 11.3 Å². The topological polar surface area (TPSA) is 39.6 Å². The number of aryl methyl sites for hydroxylation is 1. The maximum Gasteiger partial charge on any atom is 0.0798 e. The SMILES string of the molecule is Cc1ncsc1CN1CC[C@@]2(CO)CCCN(C)[C@@H]2C1. The molecule has 0 aliphatic carbocycles. The Morgan fingerprint density at radius 1 is 1.45 bits per heavy atom. The van der Waals surface area contributed by atoms with Crippen LogP contribution in [-0.2, 0) is 6.54 Å². The van der Waals surface area contributed by atoms with Gasteiger partial charge in [-0.15, -0.1) is 11.3 Å². The van der Waals surface area contributed by atoms with Crippen LogP contribution in [0.2, 0.25) is 0 Å². The molecule has 1 aromatic heterocycles. The summed E-state index contributed by atoms with van der Waals surface area (Å²) >= 11 is 1.76. The lowest BCUT2D eigenvalue weighted by Crippen LogP contribution is -2.61. The summed E-state index contributed by atoms with van der Waals surface area (Å²) in [5.74, 6) is 0. The third-order valence-corrected chi connectivity index (χ3v) is 6.23. The van der Waals surface area contributed by atoms with Crippen LogP contribution in [0.3, 0.4) is 0 Å². The Bertz CT molecular complexity index is 464. The van der Waals surface area contributed by atoms with Gasteiger partial charge < -0.3 is 10.0 Å². The Morgan fingerprint density at radius 2 is 2.30 bits per heavy atom. The second-order valence-corrected chi connectivity index (χ2v) is 7.41. The van der Waals surface area contributed by atoms with Crippen LogP contribution in [0.5, 0.6) is 0 Å². The van der Waals surface area contributed by atoms with Gasteiger partial charge in [0, 0.05) is 29.4 Å². The molecule has 0 saturated carbocycles. The van der Waals surface area contributed by atoms with Gasteiger partial charge in [0.05, 0.1) is 17.8 Å². The van der Waals surface area contributed by atoms with E-state index in [-0.39, 0.29) is 5.41 Å². The number of thiazole rings is 1. The second kappa shape index (κ2) is 5.72. The smallest absolute Gasteiger partial charge is 0.0798 e. The summed E-state index contributed by atoms with van der Waals surface area (Å²) in [6.45, 7) is 6.80. The summed E-state index contributed by atoms with van der Waals surface area (Å²) in [7, 11) is 2.22. The number of nitrogens with zero attached hydrogens (tertiary/aromatic N) is 3. The maximum atomic E-state index is 9.93. The van der Waals surface area contributed by atoms with Crippen molar-refractivity contribution in [1.29, 1.82) is 0 Å². The molecule has 0 radical (unpaired) electrons. The van der Waals surface area contributed by atoms with Crippen molar-refractivity contribution >= 4 is 11.3 Å². The van der Waals surface area contributed by atoms with Crippen molar-refractivity contribution in [3.8, 4) is 0 Å². The molecular formula is C15H25N3OS. The third kappa shape index (κ3) is 2.52. The quantitative estimate of drug-likeness (QED) is 0.922. The molecule has 0 spiro atoms. The highest BCUT2D eigenvalue weighted by molar-refractivity contribution is 7.09. The summed E-state index contributed by atoms with van der Waals surface area (Å²) in [6, 6.07) is 0.503. The zero-order valence-electron chi connectivity index (χ0n) is 12.5. The summed E-state index contributed by atoms with van der Waals surface area (Å²) < 4.78 is 0. The maximum absolute atomic E-state index is 9.93. The summed E-state index contributed by atoms with van der Waals surface area (Å²) in [6.07, 6.45) is 3.53. The standard InChI is InChI=1S/C15H25N3OS/c1-12-13(20-11-16-12)8-18-7-5-15(10-19)4-3-6-17(2)14(15)9-18/h11,14,19H,3-10H2,1-2H3/t14-,15-/m1/s1. The Labute approximate surface area is 125 Å². The molecule has 3 heterocycles. The van der Waals surface area contributed by atoms with Crippen LogP contribution in [0.4, 0.5) is 0 Å². The van der Waals surface area contributed by atoms with E-state index in [0.29, 0.717) is 12.6 Å². The molecule has 2 fully saturated rings. The molecule has 20 heavy (non-hydrogen) atoms. The molecule has 112 valence electrons. The lowest BCUT2D eigenvalue weighted by atomic mass is 9.69. The van der Waals surface area contributed by atoms with E-state index >= 15 is 0 Å². The van der Waals surface area contributed by atoms with Crippen LogP contribution in [0.15, 0.2) is 5.51 Å². The molecule has 2 aliphatic heterocycles. The molecule has 2 atom stereocenters. The summed E-state index contributed by atoms with van der Waals surface area (Å²) in [4.78, 5) is 10.7. The van der Waals surface area contributed by atoms with Crippen molar-refractivity contribution in [1.82, 2.24) is 14.8 Å². The first-order chi connectivity index (χ1) is 9.64. The van der Waals surface area contributed by atoms with E-state index in [0.717, 1.165) is 26.1 Å². The predicted molar refractivity (Wildman–Crippen MR) is 81.9 cm³/mol. The van der Waals surface area contributed by atoms with Crippen molar-refractivity contribution in [2.24, 2.45) is 5.41 Å². The molecule has 0 unspecified atom stereocenters. The van der Waals surface area contributed by atoms with E-state index in [1.807, 2.05) is 5.51 Å². The van der Waals surface area contributed by atoms with Gasteiger partial charge in [-0.2, -0.15) is 0 Å². The molecule has 1 N–H and O–H groups in total. The first kappa shape index (κ1) is 14.4. The number of likely N-dealkylation sites (N-methyl/N-ethyl adjacent to an activating group) is 1. The van der Waals surface area contributed by atoms with E-state index in [2.05, 4.69) is 28.8 Å². The third-order valence-electron chi connectivity index (χ3n) is 5.31. The first-order valence-corrected chi connectivity index (χ1v) is 8.45. The van der Waals surface area contributed by atoms with Crippen molar-refractivity contribution in [3.05, 3.63) is 16.1 Å². The lowest BCUT2D eigenvalue weighted by molar-refractivity contribution is -0.0683. The molecular weight excluding hydrogens is 270 g/mol. The highest BCUT2D eigenvalue weighted by atomic mass is 32.1. The zero-order valence-corrected chi connectivity index (χ0v) is 13.3. The van der Waals surface area contributed by atoms with Gasteiger partial charge in [0.15, 0.2) is 0 Å². The van der Waals surface area contributed by atoms with Crippen LogP contribution < -0.4 is 0 Å². The van der Waals surface area contributed by atoms with Gasteiger partial charge in [-0.3, -0.25) is 4.90 Å². The normalized spacial score (nSPS) is 32.2. The van der Waals surface area contributed by atoms with Gasteiger partial charge in [-0.05, 0) is 46.3 Å². The molecule has 0 amide bonds. The highest BCUT2D eigenvalue weighted by Crippen LogP contribution is 2.41. The molecule has 3 rings (SSSR count). The summed E-state index contributed by atoms with van der Waals surface area (Å²) in [5, 5.41) is 9.93. The minimum absolute atomic E-state index is 0.145. The number of aliphatic hydroxyl groups is 1. The number of aromatic nitrogens is 1. The molecule has 0 aromatic carbocycles. The van der Waals surface area contributed by atoms with Crippen LogP contribution in [0.25, 0.3) is 0 Å². The Balaban J connectivity index is 1.71. The second-order valence-electron chi connectivity index (χ2n) is 6.47. The lowest BCUT2D eigenvalue weighted by Gasteiger charge is -2.53. The van der Waals surface area contributed by atoms with Crippen molar-refractivity contribution in [3.63, 3.8) is 0 Å². The summed E-state index contributed by atoms with van der Waals surface area (Å²) in [5.41, 5.74) is 3.26. The fourth-order valence-electron chi connectivity index (χ4n) is 3.90. The van der Waals surface area contributed by atoms with Gasteiger partial charge in [0.1, 0.15) is 0 Å². The van der Waals surface area contributed by atoms with E-state index in [9.17, 15) is 5.11 Å². The Kier molecular flexibility index (Phi) is 4.13. The largest absolute Gasteiger partial charge is 0.396 e. The average Bonchev–Trinajstić information content (AvgIpc) is 2.85. The number of rotatable bonds is 3. The number of likely N-dealkylation sites (tertiary alicyclic amines) is 2. The monoisotopic (exact) mass is 295 g/mol. The van der Waals surface area contributed by atoms with Gasteiger partial charge in [0.2, 0.25) is 0 Å². The van der Waals surface area contributed by atoms with Gasteiger partial charge in [0.25, 0.3) is 0 Å². The number of fused-ring (bicyclic) bond motifs is 1. The number of hydrogen-bond acceptors (Lipinski definition) is 5. The van der Waals surface area contributed by atoms with Crippen LogP contribution in [0.1, 0.15) is 29.8 Å². The number of aliphatic hydroxyl groups excluding tert-OH is 1. The fraction of sp³-hybridized carbons (Fsp3) is 0.800. The molecule has 0 bridgehead atoms. The highest BCUT2D eigenvalue weighted by Gasteiger charge is 2.46. The average molecular weight is 295 g/mol. The minimum Gasteiger partial charge on any atom is -0.396 e. The molecule has 1 aromatic rings. The Morgan fingerprint density at radius 3 is 3.00 bits per heavy atom. The minimum atomic E-state index is 0.145. The predicted octanol–water partition coefficient (Wildman–Crippen LogP) is 1.73. The van der Waals surface area contributed by atoms with Crippen LogP contribution in [0, 0.1) is 12.3 Å². The van der Waals surface area contributed by atoms with Gasteiger partial charge in [-0.1, -0.05) is 0 Å². The fourth-order valence-corrected chi connectivity index (χ4v) is 4.72. The van der Waals surface area contributed by atoms with E-state index in [1.165, 1.54) is 30.0 Å². The van der Waals surface area contributed by atoms with E-state index < -0.39 is 0 Å². The van der Waals surface area contributed by atoms with Crippen molar-refractivity contribution < 1.29 is 5.11 Å². The van der Waals surface area contributed by atoms with E-state index in [4.69, 9.17) is 0 Å². The van der Waals surface area contributed by atoms with Gasteiger partial charge in [-0.25, -0.2) is 4.98 Å². The van der Waals surface area contributed by atoms with Crippen LogP contribution in [-0.4, -0.2) is 59.2 Å². The van der Waals surface area contributed by atoms with E-state index in [1.54, 1.807) is 11.3 Å². The molecule has 2 aliphatic rings. The first-order valence-electron chi connectivity index (χ1n) is 7.57. The molecule has 2 saturated heterocycles. The number of hydrogen-bond donors (Lipinski definition) is 1. The Hall–Kier alpha value is -0.490. The van der Waals surface area contributed by atoms with Crippen molar-refractivity contribution in [2.75, 3.05) is 33.3 Å². The zero-order chi connectivity index (χ0) is 14.2. The number of piperidine rings is 2.